The summed E-state index contributed by atoms with van der Waals surface area (Å²) in [5.41, 5.74) is 2.74. The lowest BCUT2D eigenvalue weighted by atomic mass is 10.2. The van der Waals surface area contributed by atoms with Gasteiger partial charge in [-0.2, -0.15) is 0 Å². The number of furan rings is 1. The van der Waals surface area contributed by atoms with Crippen LogP contribution >= 0.6 is 0 Å². The number of hydrogen-bond donors (Lipinski definition) is 1. The first-order valence-electron chi connectivity index (χ1n) is 4.87. The molecular formula is C12H9NO3. The van der Waals surface area contributed by atoms with Gasteiger partial charge in [-0.1, -0.05) is 0 Å². The van der Waals surface area contributed by atoms with Crippen molar-refractivity contribution < 1.29 is 14.3 Å². The van der Waals surface area contributed by atoms with E-state index in [2.05, 4.69) is 0 Å². The third-order valence-corrected chi connectivity index (χ3v) is 2.79. The van der Waals surface area contributed by atoms with E-state index in [4.69, 9.17) is 4.42 Å². The predicted octanol–water partition coefficient (Wildman–Crippen LogP) is 2.44. The second kappa shape index (κ2) is 2.88. The van der Waals surface area contributed by atoms with Crippen LogP contribution in [0.15, 0.2) is 28.7 Å². The van der Waals surface area contributed by atoms with E-state index in [1.54, 1.807) is 35.9 Å². The number of carbonyl (C=O) groups excluding carboxylic acids is 1. The maximum Gasteiger partial charge on any atom is 0.166 e. The molecule has 0 unspecified atom stereocenters. The van der Waals surface area contributed by atoms with E-state index in [9.17, 15) is 9.90 Å². The number of aryl methyl sites for hydroxylation is 1. The number of carbonyl (C=O) groups is 1. The molecule has 2 heterocycles. The summed E-state index contributed by atoms with van der Waals surface area (Å²) in [5.74, 6) is 0.184. The van der Waals surface area contributed by atoms with Gasteiger partial charge in [-0.3, -0.25) is 4.79 Å². The average Bonchev–Trinajstić information content (AvgIpc) is 2.76. The first-order valence-corrected chi connectivity index (χ1v) is 4.87. The van der Waals surface area contributed by atoms with E-state index >= 15 is 0 Å². The van der Waals surface area contributed by atoms with Crippen molar-refractivity contribution in [2.75, 3.05) is 0 Å². The number of hydrogen-bond acceptors (Lipinski definition) is 3. The molecule has 0 atom stereocenters. The summed E-state index contributed by atoms with van der Waals surface area (Å²) in [6, 6.07) is 6.62. The van der Waals surface area contributed by atoms with E-state index in [1.807, 2.05) is 0 Å². The number of nitrogens with zero attached hydrogens (tertiary/aromatic N) is 1. The number of rotatable bonds is 1. The van der Waals surface area contributed by atoms with Gasteiger partial charge >= 0.3 is 0 Å². The molecule has 4 heteroatoms. The smallest absolute Gasteiger partial charge is 0.166 e. The van der Waals surface area contributed by atoms with Crippen LogP contribution in [0.5, 0.6) is 5.75 Å². The molecular weight excluding hydrogens is 206 g/mol. The number of aromatic nitrogens is 1. The summed E-state index contributed by atoms with van der Waals surface area (Å²) < 4.78 is 7.34. The molecule has 80 valence electrons. The number of phenolic OH excluding ortho intramolecular Hbond substituents is 1. The minimum atomic E-state index is 0.184. The minimum absolute atomic E-state index is 0.184. The fourth-order valence-electron chi connectivity index (χ4n) is 2.01. The molecule has 0 saturated heterocycles. The summed E-state index contributed by atoms with van der Waals surface area (Å²) in [5, 5.41) is 10.3. The number of aldehydes is 1. The van der Waals surface area contributed by atoms with Crippen LogP contribution in [-0.2, 0) is 7.05 Å². The Morgan fingerprint density at radius 3 is 2.88 bits per heavy atom. The SMILES string of the molecule is Cn1c(C=O)cc2oc3ccc(O)cc3c21. The largest absolute Gasteiger partial charge is 0.508 e. The standard InChI is InChI=1S/C12H9NO3/c1-13-7(6-14)4-11-12(13)9-5-8(15)2-3-10(9)16-11/h2-6,15H,1H3. The summed E-state index contributed by atoms with van der Waals surface area (Å²) in [6.07, 6.45) is 0.782. The number of fused-ring (bicyclic) bond motifs is 3. The number of aromatic hydroxyl groups is 1. The highest BCUT2D eigenvalue weighted by atomic mass is 16.3. The zero-order valence-corrected chi connectivity index (χ0v) is 8.60. The molecule has 0 amide bonds. The van der Waals surface area contributed by atoms with E-state index in [1.165, 1.54) is 0 Å². The van der Waals surface area contributed by atoms with E-state index in [0.29, 0.717) is 16.9 Å². The number of benzene rings is 1. The second-order valence-electron chi connectivity index (χ2n) is 3.74. The first-order chi connectivity index (χ1) is 7.70. The molecule has 0 saturated carbocycles. The van der Waals surface area contributed by atoms with E-state index < -0.39 is 0 Å². The fourth-order valence-corrected chi connectivity index (χ4v) is 2.01. The van der Waals surface area contributed by atoms with Crippen LogP contribution in [-0.4, -0.2) is 16.0 Å². The van der Waals surface area contributed by atoms with Crippen molar-refractivity contribution in [3.8, 4) is 5.75 Å². The lowest BCUT2D eigenvalue weighted by Crippen LogP contribution is -1.93. The molecule has 3 aromatic rings. The van der Waals surface area contributed by atoms with Crippen molar-refractivity contribution in [2.24, 2.45) is 7.05 Å². The molecule has 1 aromatic carbocycles. The average molecular weight is 215 g/mol. The zero-order valence-electron chi connectivity index (χ0n) is 8.60. The van der Waals surface area contributed by atoms with Gasteiger partial charge in [-0.05, 0) is 18.2 Å². The Hall–Kier alpha value is -2.23. The molecule has 0 fully saturated rings. The molecule has 16 heavy (non-hydrogen) atoms. The van der Waals surface area contributed by atoms with Crippen LogP contribution in [0.25, 0.3) is 22.1 Å². The molecule has 0 aliphatic carbocycles. The van der Waals surface area contributed by atoms with Crippen molar-refractivity contribution in [3.05, 3.63) is 30.0 Å². The Morgan fingerprint density at radius 2 is 2.12 bits per heavy atom. The molecule has 1 N–H and O–H groups in total. The van der Waals surface area contributed by atoms with Gasteiger partial charge < -0.3 is 14.1 Å². The molecule has 3 rings (SSSR count). The van der Waals surface area contributed by atoms with Crippen molar-refractivity contribution in [1.29, 1.82) is 0 Å². The normalized spacial score (nSPS) is 11.3. The molecule has 0 aliphatic heterocycles. The third kappa shape index (κ3) is 1.01. The summed E-state index contributed by atoms with van der Waals surface area (Å²) in [4.78, 5) is 10.8. The highest BCUT2D eigenvalue weighted by Crippen LogP contribution is 2.32. The predicted molar refractivity (Wildman–Crippen MR) is 59.7 cm³/mol. The Labute approximate surface area is 90.7 Å². The van der Waals surface area contributed by atoms with Gasteiger partial charge in [-0.15, -0.1) is 0 Å². The van der Waals surface area contributed by atoms with Crippen LogP contribution < -0.4 is 0 Å². The number of phenols is 1. The highest BCUT2D eigenvalue weighted by molar-refractivity contribution is 6.05. The van der Waals surface area contributed by atoms with E-state index in [0.717, 1.165) is 17.2 Å². The minimum Gasteiger partial charge on any atom is -0.508 e. The van der Waals surface area contributed by atoms with Crippen molar-refractivity contribution in [2.45, 2.75) is 0 Å². The van der Waals surface area contributed by atoms with Crippen molar-refractivity contribution >= 4 is 28.4 Å². The van der Waals surface area contributed by atoms with Crippen LogP contribution in [0, 0.1) is 0 Å². The summed E-state index contributed by atoms with van der Waals surface area (Å²) in [6.45, 7) is 0. The van der Waals surface area contributed by atoms with Crippen LogP contribution in [0.1, 0.15) is 10.5 Å². The lowest BCUT2D eigenvalue weighted by molar-refractivity contribution is 0.111. The third-order valence-electron chi connectivity index (χ3n) is 2.79. The van der Waals surface area contributed by atoms with Crippen molar-refractivity contribution in [1.82, 2.24) is 4.57 Å². The van der Waals surface area contributed by atoms with Gasteiger partial charge in [0.15, 0.2) is 11.9 Å². The van der Waals surface area contributed by atoms with Crippen LogP contribution in [0.3, 0.4) is 0 Å². The van der Waals surface area contributed by atoms with Gasteiger partial charge in [0.05, 0.1) is 11.2 Å². The molecule has 0 radical (unpaired) electrons. The first kappa shape index (κ1) is 9.03. The quantitative estimate of drug-likeness (QED) is 0.634. The second-order valence-corrected chi connectivity index (χ2v) is 3.74. The molecule has 0 aliphatic rings. The molecule has 0 spiro atoms. The fraction of sp³-hybridized carbons (Fsp3) is 0.0833. The maximum atomic E-state index is 10.8. The monoisotopic (exact) mass is 215 g/mol. The molecule has 0 bridgehead atoms. The van der Waals surface area contributed by atoms with Gasteiger partial charge in [0.2, 0.25) is 0 Å². The summed E-state index contributed by atoms with van der Waals surface area (Å²) in [7, 11) is 1.80. The summed E-state index contributed by atoms with van der Waals surface area (Å²) >= 11 is 0. The van der Waals surface area contributed by atoms with Gasteiger partial charge in [0, 0.05) is 18.5 Å². The molecule has 4 nitrogen and oxygen atoms in total. The Kier molecular flexibility index (Phi) is 1.63. The van der Waals surface area contributed by atoms with Gasteiger partial charge in [0.25, 0.3) is 0 Å². The molecule has 2 aromatic heterocycles. The Bertz CT molecular complexity index is 706. The van der Waals surface area contributed by atoms with Gasteiger partial charge in [0.1, 0.15) is 11.3 Å². The lowest BCUT2D eigenvalue weighted by Gasteiger charge is -1.96. The Morgan fingerprint density at radius 1 is 1.31 bits per heavy atom. The van der Waals surface area contributed by atoms with Crippen LogP contribution in [0.4, 0.5) is 0 Å². The van der Waals surface area contributed by atoms with Crippen molar-refractivity contribution in [3.63, 3.8) is 0 Å². The maximum absolute atomic E-state index is 10.8. The topological polar surface area (TPSA) is 55.4 Å². The van der Waals surface area contributed by atoms with Crippen LogP contribution in [0.2, 0.25) is 0 Å². The van der Waals surface area contributed by atoms with Gasteiger partial charge in [-0.25, -0.2) is 0 Å². The Balaban J connectivity index is 2.53. The highest BCUT2D eigenvalue weighted by Gasteiger charge is 2.13. The van der Waals surface area contributed by atoms with E-state index in [-0.39, 0.29) is 5.75 Å². The zero-order chi connectivity index (χ0) is 11.3.